The number of nitrogens with zero attached hydrogens (tertiary/aromatic N) is 2. The number of halogens is 1. The molecule has 2 heterocycles. The highest BCUT2D eigenvalue weighted by atomic mass is 35.5. The molecule has 5 heteroatoms. The van der Waals surface area contributed by atoms with Crippen molar-refractivity contribution in [3.05, 3.63) is 35.0 Å². The van der Waals surface area contributed by atoms with Crippen LogP contribution in [0.25, 0.3) is 10.9 Å². The molecule has 3 rings (SSSR count). The molecule has 0 atom stereocenters. The Morgan fingerprint density at radius 1 is 1.17 bits per heavy atom. The van der Waals surface area contributed by atoms with Crippen molar-refractivity contribution >= 4 is 34.2 Å². The normalized spacial score (nSPS) is 16.1. The third-order valence-corrected chi connectivity index (χ3v) is 5.21. The molecule has 128 valence electrons. The van der Waals surface area contributed by atoms with Gasteiger partial charge in [-0.05, 0) is 37.1 Å². The second kappa shape index (κ2) is 6.60. The number of hydrogen-bond donors (Lipinski definition) is 0. The van der Waals surface area contributed by atoms with Gasteiger partial charge < -0.3 is 9.47 Å². The van der Waals surface area contributed by atoms with Gasteiger partial charge in [-0.15, -0.1) is 0 Å². The van der Waals surface area contributed by atoms with E-state index >= 15 is 0 Å². The lowest BCUT2D eigenvalue weighted by molar-refractivity contribution is -0.127. The minimum absolute atomic E-state index is 0.0280. The average molecular weight is 347 g/mol. The molecule has 2 aromatic rings. The standard InChI is InChI=1S/C19H23ClN2O2/c1-12(2)18(23)13-6-8-22(9-7-13)19(24)17-11-14-10-15(20)4-5-16(14)21(17)3/h4-5,10-13H,6-9H2,1-3H3. The van der Waals surface area contributed by atoms with E-state index in [-0.39, 0.29) is 17.7 Å². The topological polar surface area (TPSA) is 42.3 Å². The van der Waals surface area contributed by atoms with Gasteiger partial charge in [0.2, 0.25) is 0 Å². The van der Waals surface area contributed by atoms with Crippen molar-refractivity contribution < 1.29 is 9.59 Å². The van der Waals surface area contributed by atoms with Crippen LogP contribution in [0.1, 0.15) is 37.2 Å². The minimum atomic E-state index is 0.0280. The summed E-state index contributed by atoms with van der Waals surface area (Å²) in [5.41, 5.74) is 1.66. The Balaban J connectivity index is 1.76. The van der Waals surface area contributed by atoms with Gasteiger partial charge in [0.15, 0.2) is 0 Å². The Labute approximate surface area is 147 Å². The van der Waals surface area contributed by atoms with Crippen molar-refractivity contribution in [1.82, 2.24) is 9.47 Å². The lowest BCUT2D eigenvalue weighted by atomic mass is 9.87. The predicted octanol–water partition coefficient (Wildman–Crippen LogP) is 3.91. The number of Topliss-reactive ketones (excluding diaryl/α,β-unsaturated/α-hetero) is 1. The zero-order chi connectivity index (χ0) is 17.4. The van der Waals surface area contributed by atoms with Crippen LogP contribution in [-0.4, -0.2) is 34.2 Å². The van der Waals surface area contributed by atoms with E-state index in [9.17, 15) is 9.59 Å². The monoisotopic (exact) mass is 346 g/mol. The molecule has 1 saturated heterocycles. The molecule has 0 aliphatic carbocycles. The summed E-state index contributed by atoms with van der Waals surface area (Å²) >= 11 is 6.04. The fourth-order valence-electron chi connectivity index (χ4n) is 3.53. The number of likely N-dealkylation sites (tertiary alicyclic amines) is 1. The summed E-state index contributed by atoms with van der Waals surface area (Å²) in [4.78, 5) is 26.9. The fourth-order valence-corrected chi connectivity index (χ4v) is 3.71. The number of hydrogen-bond acceptors (Lipinski definition) is 2. The number of ketones is 1. The summed E-state index contributed by atoms with van der Waals surface area (Å²) in [6.07, 6.45) is 1.52. The molecule has 0 bridgehead atoms. The zero-order valence-corrected chi connectivity index (χ0v) is 15.1. The fraction of sp³-hybridized carbons (Fsp3) is 0.474. The first-order valence-electron chi connectivity index (χ1n) is 8.46. The van der Waals surface area contributed by atoms with Gasteiger partial charge in [0.25, 0.3) is 5.91 Å². The molecule has 1 aromatic heterocycles. The Hall–Kier alpha value is -1.81. The molecular formula is C19H23ClN2O2. The Morgan fingerprint density at radius 2 is 1.83 bits per heavy atom. The van der Waals surface area contributed by atoms with Crippen LogP contribution in [0.5, 0.6) is 0 Å². The summed E-state index contributed by atoms with van der Waals surface area (Å²) in [5, 5.41) is 1.64. The number of aryl methyl sites for hydroxylation is 1. The quantitative estimate of drug-likeness (QED) is 0.845. The molecule has 0 spiro atoms. The second-order valence-electron chi connectivity index (χ2n) is 6.92. The van der Waals surface area contributed by atoms with E-state index in [2.05, 4.69) is 0 Å². The Kier molecular flexibility index (Phi) is 4.68. The van der Waals surface area contributed by atoms with Gasteiger partial charge in [0, 0.05) is 47.9 Å². The Bertz CT molecular complexity index is 786. The molecule has 0 saturated carbocycles. The number of amides is 1. The third-order valence-electron chi connectivity index (χ3n) is 4.98. The molecule has 0 unspecified atom stereocenters. The van der Waals surface area contributed by atoms with Crippen molar-refractivity contribution in [3.8, 4) is 0 Å². The summed E-state index contributed by atoms with van der Waals surface area (Å²) in [6, 6.07) is 7.54. The summed E-state index contributed by atoms with van der Waals surface area (Å²) < 4.78 is 1.92. The second-order valence-corrected chi connectivity index (χ2v) is 7.35. The minimum Gasteiger partial charge on any atom is -0.340 e. The van der Waals surface area contributed by atoms with Crippen LogP contribution in [0.4, 0.5) is 0 Å². The number of aromatic nitrogens is 1. The molecule has 1 aliphatic heterocycles. The largest absolute Gasteiger partial charge is 0.340 e. The van der Waals surface area contributed by atoms with Crippen molar-refractivity contribution in [3.63, 3.8) is 0 Å². The first kappa shape index (κ1) is 17.0. The third kappa shape index (κ3) is 3.07. The van der Waals surface area contributed by atoms with Gasteiger partial charge in [-0.25, -0.2) is 0 Å². The molecule has 4 nitrogen and oxygen atoms in total. The van der Waals surface area contributed by atoms with Crippen LogP contribution in [0, 0.1) is 11.8 Å². The Morgan fingerprint density at radius 3 is 2.46 bits per heavy atom. The van der Waals surface area contributed by atoms with Crippen LogP contribution in [-0.2, 0) is 11.8 Å². The number of piperidine rings is 1. The van der Waals surface area contributed by atoms with E-state index in [1.54, 1.807) is 0 Å². The predicted molar refractivity (Wildman–Crippen MR) is 96.4 cm³/mol. The highest BCUT2D eigenvalue weighted by Crippen LogP contribution is 2.26. The smallest absolute Gasteiger partial charge is 0.270 e. The van der Waals surface area contributed by atoms with E-state index in [1.165, 1.54) is 0 Å². The van der Waals surface area contributed by atoms with E-state index < -0.39 is 0 Å². The van der Waals surface area contributed by atoms with Crippen molar-refractivity contribution in [2.24, 2.45) is 18.9 Å². The molecule has 1 amide bonds. The average Bonchev–Trinajstić information content (AvgIpc) is 2.89. The van der Waals surface area contributed by atoms with Gasteiger partial charge in [-0.2, -0.15) is 0 Å². The molecule has 1 aromatic carbocycles. The van der Waals surface area contributed by atoms with Gasteiger partial charge in [0.1, 0.15) is 11.5 Å². The van der Waals surface area contributed by atoms with Crippen LogP contribution in [0.15, 0.2) is 24.3 Å². The lowest BCUT2D eigenvalue weighted by Gasteiger charge is -2.32. The summed E-state index contributed by atoms with van der Waals surface area (Å²) in [7, 11) is 1.90. The van der Waals surface area contributed by atoms with Crippen LogP contribution >= 0.6 is 11.6 Å². The van der Waals surface area contributed by atoms with Crippen LogP contribution in [0.3, 0.4) is 0 Å². The number of fused-ring (bicyclic) bond motifs is 1. The maximum absolute atomic E-state index is 12.9. The summed E-state index contributed by atoms with van der Waals surface area (Å²) in [5.74, 6) is 0.516. The first-order chi connectivity index (χ1) is 11.4. The first-order valence-corrected chi connectivity index (χ1v) is 8.84. The zero-order valence-electron chi connectivity index (χ0n) is 14.4. The summed E-state index contributed by atoms with van der Waals surface area (Å²) in [6.45, 7) is 5.18. The molecule has 0 N–H and O–H groups in total. The number of benzene rings is 1. The molecule has 1 fully saturated rings. The highest BCUT2D eigenvalue weighted by Gasteiger charge is 2.29. The number of carbonyl (C=O) groups excluding carboxylic acids is 2. The van der Waals surface area contributed by atoms with Gasteiger partial charge in [-0.1, -0.05) is 25.4 Å². The van der Waals surface area contributed by atoms with Crippen molar-refractivity contribution in [1.29, 1.82) is 0 Å². The molecular weight excluding hydrogens is 324 g/mol. The van der Waals surface area contributed by atoms with E-state index in [4.69, 9.17) is 11.6 Å². The SMILES string of the molecule is CC(C)C(=O)C1CCN(C(=O)c2cc3cc(Cl)ccc3n2C)CC1. The van der Waals surface area contributed by atoms with Gasteiger partial charge in [0.05, 0.1) is 0 Å². The van der Waals surface area contributed by atoms with E-state index in [0.717, 1.165) is 23.7 Å². The maximum atomic E-state index is 12.9. The lowest BCUT2D eigenvalue weighted by Crippen LogP contribution is -2.41. The van der Waals surface area contributed by atoms with Crippen LogP contribution < -0.4 is 0 Å². The van der Waals surface area contributed by atoms with Crippen LogP contribution in [0.2, 0.25) is 5.02 Å². The van der Waals surface area contributed by atoms with E-state index in [0.29, 0.717) is 29.6 Å². The van der Waals surface area contributed by atoms with E-state index in [1.807, 2.05) is 54.6 Å². The number of carbonyl (C=O) groups is 2. The molecule has 0 radical (unpaired) electrons. The van der Waals surface area contributed by atoms with Crippen molar-refractivity contribution in [2.75, 3.05) is 13.1 Å². The van der Waals surface area contributed by atoms with Gasteiger partial charge in [-0.3, -0.25) is 9.59 Å². The molecule has 1 aliphatic rings. The van der Waals surface area contributed by atoms with Gasteiger partial charge >= 0.3 is 0 Å². The number of rotatable bonds is 3. The molecule has 24 heavy (non-hydrogen) atoms. The van der Waals surface area contributed by atoms with Crippen molar-refractivity contribution in [2.45, 2.75) is 26.7 Å². The highest BCUT2D eigenvalue weighted by molar-refractivity contribution is 6.31. The maximum Gasteiger partial charge on any atom is 0.270 e.